The third-order valence-electron chi connectivity index (χ3n) is 1.96. The van der Waals surface area contributed by atoms with Gasteiger partial charge in [0, 0.05) is 0 Å². The van der Waals surface area contributed by atoms with Gasteiger partial charge in [0.2, 0.25) is 0 Å². The predicted molar refractivity (Wildman–Crippen MR) is 65.8 cm³/mol. The molecule has 0 rings (SSSR count). The van der Waals surface area contributed by atoms with E-state index in [1.54, 1.807) is 0 Å². The molecular formula is C9H18Cl3Si. The first kappa shape index (κ1) is 14.1. The number of rotatable bonds is 8. The average molecular weight is 261 g/mol. The molecule has 0 heterocycles. The Morgan fingerprint density at radius 3 is 1.69 bits per heavy atom. The van der Waals surface area contributed by atoms with E-state index < -0.39 is 6.00 Å². The maximum Gasteiger partial charge on any atom is 0.341 e. The molecular weight excluding hydrogens is 243 g/mol. The smallest absolute Gasteiger partial charge is 0.126 e. The molecule has 0 amide bonds. The van der Waals surface area contributed by atoms with Gasteiger partial charge in [0.25, 0.3) is 0 Å². The Bertz CT molecular complexity index is 112. The Morgan fingerprint density at radius 2 is 1.23 bits per heavy atom. The van der Waals surface area contributed by atoms with Crippen molar-refractivity contribution in [2.24, 2.45) is 0 Å². The number of halogens is 3. The first-order chi connectivity index (χ1) is 6.06. The summed E-state index contributed by atoms with van der Waals surface area (Å²) in [4.78, 5) is 0. The molecule has 0 aliphatic heterocycles. The van der Waals surface area contributed by atoms with Crippen molar-refractivity contribution in [1.29, 1.82) is 0 Å². The lowest BCUT2D eigenvalue weighted by molar-refractivity contribution is 0.610. The maximum atomic E-state index is 5.76. The van der Waals surface area contributed by atoms with E-state index in [2.05, 4.69) is 6.92 Å². The number of hydrogen-bond donors (Lipinski definition) is 0. The zero-order chi connectivity index (χ0) is 10.2. The van der Waals surface area contributed by atoms with Crippen LogP contribution in [0.25, 0.3) is 0 Å². The minimum absolute atomic E-state index is 0.813. The Balaban J connectivity index is 3.00. The second-order valence-electron chi connectivity index (χ2n) is 3.34. The third kappa shape index (κ3) is 13.1. The van der Waals surface area contributed by atoms with Crippen molar-refractivity contribution >= 4 is 39.2 Å². The van der Waals surface area contributed by atoms with E-state index in [9.17, 15) is 0 Å². The molecule has 4 heteroatoms. The molecule has 0 aromatic rings. The summed E-state index contributed by atoms with van der Waals surface area (Å²) in [5.41, 5.74) is 0. The minimum Gasteiger partial charge on any atom is -0.126 e. The highest BCUT2D eigenvalue weighted by Gasteiger charge is 2.23. The van der Waals surface area contributed by atoms with E-state index >= 15 is 0 Å². The fourth-order valence-corrected chi connectivity index (χ4v) is 3.06. The van der Waals surface area contributed by atoms with Crippen LogP contribution in [-0.2, 0) is 0 Å². The summed E-state index contributed by atoms with van der Waals surface area (Å²) in [5.74, 6) is 0. The van der Waals surface area contributed by atoms with Gasteiger partial charge >= 0.3 is 6.00 Å². The molecule has 1 radical (unpaired) electrons. The molecule has 0 saturated carbocycles. The van der Waals surface area contributed by atoms with Crippen molar-refractivity contribution in [1.82, 2.24) is 0 Å². The molecule has 0 N–H and O–H groups in total. The highest BCUT2D eigenvalue weighted by molar-refractivity contribution is 7.64. The van der Waals surface area contributed by atoms with E-state index in [1.165, 1.54) is 32.1 Å². The van der Waals surface area contributed by atoms with Crippen molar-refractivity contribution < 1.29 is 0 Å². The summed E-state index contributed by atoms with van der Waals surface area (Å²) in [6.07, 6.45) is 8.46. The molecule has 0 aliphatic carbocycles. The average Bonchev–Trinajstić information content (AvgIpc) is 2.01. The van der Waals surface area contributed by atoms with Crippen molar-refractivity contribution in [3.05, 3.63) is 6.92 Å². The summed E-state index contributed by atoms with van der Waals surface area (Å²) in [6.45, 7) is 3.81. The van der Waals surface area contributed by atoms with Crippen molar-refractivity contribution in [3.63, 3.8) is 0 Å². The van der Waals surface area contributed by atoms with Gasteiger partial charge in [0.05, 0.1) is 0 Å². The highest BCUT2D eigenvalue weighted by atomic mass is 35.8. The van der Waals surface area contributed by atoms with Crippen LogP contribution in [0.3, 0.4) is 0 Å². The van der Waals surface area contributed by atoms with Crippen LogP contribution in [0.4, 0.5) is 0 Å². The van der Waals surface area contributed by atoms with Crippen molar-refractivity contribution in [3.8, 4) is 0 Å². The Labute approximate surface area is 97.1 Å². The summed E-state index contributed by atoms with van der Waals surface area (Å²) in [5, 5.41) is 0. The molecule has 0 aliphatic rings. The molecule has 13 heavy (non-hydrogen) atoms. The van der Waals surface area contributed by atoms with Crippen LogP contribution in [0.1, 0.15) is 44.9 Å². The minimum atomic E-state index is -2.33. The Morgan fingerprint density at radius 1 is 0.769 bits per heavy atom. The van der Waals surface area contributed by atoms with Crippen molar-refractivity contribution in [2.75, 3.05) is 0 Å². The summed E-state index contributed by atoms with van der Waals surface area (Å²) < 4.78 is 0. The van der Waals surface area contributed by atoms with Crippen molar-refractivity contribution in [2.45, 2.75) is 51.0 Å². The molecule has 0 atom stereocenters. The van der Waals surface area contributed by atoms with Gasteiger partial charge in [-0.1, -0.05) is 51.9 Å². The lowest BCUT2D eigenvalue weighted by Crippen LogP contribution is -2.07. The molecule has 0 unspecified atom stereocenters. The molecule has 0 saturated heterocycles. The summed E-state index contributed by atoms with van der Waals surface area (Å²) in [7, 11) is 0. The second-order valence-corrected chi connectivity index (χ2v) is 12.6. The van der Waals surface area contributed by atoms with Gasteiger partial charge in [0.15, 0.2) is 0 Å². The fourth-order valence-electron chi connectivity index (χ4n) is 1.21. The van der Waals surface area contributed by atoms with Gasteiger partial charge in [-0.15, -0.1) is 33.2 Å². The highest BCUT2D eigenvalue weighted by Crippen LogP contribution is 2.27. The standard InChI is InChI=1S/C9H18Cl3Si/c1-2-3-4-5-6-7-8-9-13(10,11)12/h1-9H2. The molecule has 0 bridgehead atoms. The van der Waals surface area contributed by atoms with Crippen LogP contribution in [0.5, 0.6) is 0 Å². The van der Waals surface area contributed by atoms with Crippen LogP contribution < -0.4 is 0 Å². The zero-order valence-corrected chi connectivity index (χ0v) is 11.3. The Kier molecular flexibility index (Phi) is 9.10. The van der Waals surface area contributed by atoms with Gasteiger partial charge in [-0.05, 0) is 6.04 Å². The van der Waals surface area contributed by atoms with Gasteiger partial charge < -0.3 is 0 Å². The fraction of sp³-hybridized carbons (Fsp3) is 0.889. The van der Waals surface area contributed by atoms with E-state index in [4.69, 9.17) is 33.2 Å². The van der Waals surface area contributed by atoms with Gasteiger partial charge in [-0.2, -0.15) is 0 Å². The maximum absolute atomic E-state index is 5.76. The molecule has 0 spiro atoms. The van der Waals surface area contributed by atoms with Crippen LogP contribution in [0.2, 0.25) is 6.04 Å². The Hall–Kier alpha value is 1.09. The largest absolute Gasteiger partial charge is 0.341 e. The number of hydrogen-bond acceptors (Lipinski definition) is 0. The van der Waals surface area contributed by atoms with Crippen LogP contribution in [0.15, 0.2) is 0 Å². The molecule has 0 nitrogen and oxygen atoms in total. The van der Waals surface area contributed by atoms with Crippen LogP contribution in [-0.4, -0.2) is 6.00 Å². The van der Waals surface area contributed by atoms with E-state index in [-0.39, 0.29) is 0 Å². The number of unbranched alkanes of at least 4 members (excludes halogenated alkanes) is 6. The monoisotopic (exact) mass is 259 g/mol. The lowest BCUT2D eigenvalue weighted by atomic mass is 10.1. The lowest BCUT2D eigenvalue weighted by Gasteiger charge is -2.06. The first-order valence-corrected chi connectivity index (χ1v) is 10.2. The summed E-state index contributed by atoms with van der Waals surface area (Å²) in [6, 6.07) is -1.51. The third-order valence-corrected chi connectivity index (χ3v) is 4.58. The summed E-state index contributed by atoms with van der Waals surface area (Å²) >= 11 is 17.3. The molecule has 0 aromatic carbocycles. The van der Waals surface area contributed by atoms with E-state index in [0.29, 0.717) is 0 Å². The van der Waals surface area contributed by atoms with E-state index in [1.807, 2.05) is 0 Å². The van der Waals surface area contributed by atoms with Gasteiger partial charge in [-0.25, -0.2) is 0 Å². The zero-order valence-electron chi connectivity index (χ0n) is 8.00. The SMILES string of the molecule is [CH2]CCCCCCCC[Si](Cl)(Cl)Cl. The van der Waals surface area contributed by atoms with E-state index in [0.717, 1.165) is 18.9 Å². The first-order valence-electron chi connectivity index (χ1n) is 4.92. The normalized spacial score (nSPS) is 12.0. The van der Waals surface area contributed by atoms with Crippen LogP contribution in [0, 0.1) is 6.92 Å². The predicted octanol–water partition coefficient (Wildman–Crippen LogP) is 5.21. The van der Waals surface area contributed by atoms with Gasteiger partial charge in [0.1, 0.15) is 0 Å². The molecule has 79 valence electrons. The molecule has 0 aromatic heterocycles. The topological polar surface area (TPSA) is 0 Å². The molecule has 0 fully saturated rings. The second kappa shape index (κ2) is 8.40. The van der Waals surface area contributed by atoms with Gasteiger partial charge in [-0.3, -0.25) is 0 Å². The van der Waals surface area contributed by atoms with Crippen LogP contribution >= 0.6 is 33.2 Å². The quantitative estimate of drug-likeness (QED) is 0.319.